The third-order valence-electron chi connectivity index (χ3n) is 2.39. The molecule has 0 saturated carbocycles. The molecule has 2 N–H and O–H groups in total. The lowest BCUT2D eigenvalue weighted by molar-refractivity contribution is -0.145. The second-order valence-electron chi connectivity index (χ2n) is 4.30. The molecule has 16 heavy (non-hydrogen) atoms. The van der Waals surface area contributed by atoms with E-state index >= 15 is 0 Å². The molecule has 0 aromatic rings. The smallest absolute Gasteiger partial charge is 0.307 e. The zero-order valence-electron chi connectivity index (χ0n) is 10.7. The van der Waals surface area contributed by atoms with Gasteiger partial charge >= 0.3 is 5.97 Å². The molecule has 0 aromatic carbocycles. The Hall–Kier alpha value is -0.610. The Morgan fingerprint density at radius 2 is 1.94 bits per heavy atom. The molecule has 4 nitrogen and oxygen atoms in total. The Labute approximate surface area is 98.5 Å². The molecular formula is C12H25NO3. The summed E-state index contributed by atoms with van der Waals surface area (Å²) >= 11 is 0. The predicted octanol–water partition coefficient (Wildman–Crippen LogP) is 1.72. The van der Waals surface area contributed by atoms with E-state index in [-0.39, 0.29) is 18.4 Å². The second-order valence-corrected chi connectivity index (χ2v) is 4.30. The van der Waals surface area contributed by atoms with Gasteiger partial charge < -0.3 is 15.2 Å². The third kappa shape index (κ3) is 8.68. The molecule has 0 aliphatic carbocycles. The van der Waals surface area contributed by atoms with Gasteiger partial charge in [-0.2, -0.15) is 0 Å². The van der Waals surface area contributed by atoms with E-state index in [1.54, 1.807) is 0 Å². The average Bonchev–Trinajstić information content (AvgIpc) is 2.23. The van der Waals surface area contributed by atoms with Crippen molar-refractivity contribution in [2.75, 3.05) is 19.8 Å². The normalized spacial score (nSPS) is 12.8. The van der Waals surface area contributed by atoms with Crippen LogP contribution in [-0.4, -0.2) is 31.8 Å². The van der Waals surface area contributed by atoms with Crippen molar-refractivity contribution in [2.45, 2.75) is 46.1 Å². The van der Waals surface area contributed by atoms with Gasteiger partial charge in [-0.25, -0.2) is 0 Å². The molecule has 0 rings (SSSR count). The lowest BCUT2D eigenvalue weighted by Gasteiger charge is -2.14. The van der Waals surface area contributed by atoms with E-state index in [4.69, 9.17) is 15.2 Å². The van der Waals surface area contributed by atoms with Crippen molar-refractivity contribution in [3.8, 4) is 0 Å². The second kappa shape index (κ2) is 9.60. The lowest BCUT2D eigenvalue weighted by atomic mass is 10.0. The first kappa shape index (κ1) is 15.4. The van der Waals surface area contributed by atoms with Gasteiger partial charge in [0.2, 0.25) is 0 Å². The summed E-state index contributed by atoms with van der Waals surface area (Å²) in [7, 11) is 0. The molecule has 1 atom stereocenters. The number of esters is 1. The van der Waals surface area contributed by atoms with E-state index in [1.807, 2.05) is 13.8 Å². The molecule has 0 aliphatic heterocycles. The van der Waals surface area contributed by atoms with Crippen LogP contribution in [0.3, 0.4) is 0 Å². The van der Waals surface area contributed by atoms with Gasteiger partial charge in [0.05, 0.1) is 13.0 Å². The van der Waals surface area contributed by atoms with Crippen LogP contribution in [0.4, 0.5) is 0 Å². The largest absolute Gasteiger partial charge is 0.463 e. The van der Waals surface area contributed by atoms with Crippen LogP contribution in [0.15, 0.2) is 0 Å². The van der Waals surface area contributed by atoms with E-state index in [9.17, 15) is 4.79 Å². The highest BCUT2D eigenvalue weighted by atomic mass is 16.6. The number of unbranched alkanes of at least 4 members (excludes halogenated alkanes) is 1. The maximum absolute atomic E-state index is 11.3. The number of nitrogens with two attached hydrogens (primary N) is 1. The zero-order valence-corrected chi connectivity index (χ0v) is 10.7. The first-order valence-electron chi connectivity index (χ1n) is 6.06. The monoisotopic (exact) mass is 231 g/mol. The maximum Gasteiger partial charge on any atom is 0.307 e. The highest BCUT2D eigenvalue weighted by Crippen LogP contribution is 2.03. The van der Waals surface area contributed by atoms with E-state index < -0.39 is 0 Å². The van der Waals surface area contributed by atoms with Crippen LogP contribution >= 0.6 is 0 Å². The molecule has 0 fully saturated rings. The number of hydrogen-bond acceptors (Lipinski definition) is 4. The molecule has 1 unspecified atom stereocenters. The molecule has 0 aliphatic rings. The van der Waals surface area contributed by atoms with Gasteiger partial charge in [0.1, 0.15) is 6.61 Å². The highest BCUT2D eigenvalue weighted by molar-refractivity contribution is 5.70. The molecule has 0 saturated heterocycles. The van der Waals surface area contributed by atoms with Gasteiger partial charge in [-0.3, -0.25) is 4.79 Å². The SMILES string of the molecule is CCCCOCCOC(=O)CC(N)C(C)C. The number of ether oxygens (including phenoxy) is 2. The van der Waals surface area contributed by atoms with E-state index in [0.717, 1.165) is 19.4 Å². The van der Waals surface area contributed by atoms with Crippen molar-refractivity contribution in [2.24, 2.45) is 11.7 Å². The number of carbonyl (C=O) groups excluding carboxylic acids is 1. The number of rotatable bonds is 9. The van der Waals surface area contributed by atoms with Gasteiger partial charge in [0.15, 0.2) is 0 Å². The van der Waals surface area contributed by atoms with Crippen LogP contribution in [0.25, 0.3) is 0 Å². The van der Waals surface area contributed by atoms with Gasteiger partial charge in [-0.1, -0.05) is 27.2 Å². The molecule has 0 amide bonds. The van der Waals surface area contributed by atoms with Crippen molar-refractivity contribution < 1.29 is 14.3 Å². The van der Waals surface area contributed by atoms with Crippen LogP contribution in [0.2, 0.25) is 0 Å². The summed E-state index contributed by atoms with van der Waals surface area (Å²) in [6.07, 6.45) is 2.45. The van der Waals surface area contributed by atoms with Crippen molar-refractivity contribution in [3.05, 3.63) is 0 Å². The lowest BCUT2D eigenvalue weighted by Crippen LogP contribution is -2.30. The first-order valence-corrected chi connectivity index (χ1v) is 6.06. The zero-order chi connectivity index (χ0) is 12.4. The minimum absolute atomic E-state index is 0.117. The van der Waals surface area contributed by atoms with Crippen molar-refractivity contribution in [3.63, 3.8) is 0 Å². The van der Waals surface area contributed by atoms with Crippen LogP contribution in [0.1, 0.15) is 40.0 Å². The number of hydrogen-bond donors (Lipinski definition) is 1. The van der Waals surface area contributed by atoms with Crippen molar-refractivity contribution in [1.29, 1.82) is 0 Å². The van der Waals surface area contributed by atoms with Crippen LogP contribution in [0, 0.1) is 5.92 Å². The fraction of sp³-hybridized carbons (Fsp3) is 0.917. The van der Waals surface area contributed by atoms with E-state index in [2.05, 4.69) is 6.92 Å². The topological polar surface area (TPSA) is 61.5 Å². The van der Waals surface area contributed by atoms with Crippen LogP contribution < -0.4 is 5.73 Å². The molecule has 0 aromatic heterocycles. The first-order chi connectivity index (χ1) is 7.57. The van der Waals surface area contributed by atoms with Crippen molar-refractivity contribution >= 4 is 5.97 Å². The summed E-state index contributed by atoms with van der Waals surface area (Å²) in [5.41, 5.74) is 5.76. The van der Waals surface area contributed by atoms with Crippen LogP contribution in [0.5, 0.6) is 0 Å². The Bertz CT molecular complexity index is 183. The molecule has 0 heterocycles. The number of carbonyl (C=O) groups is 1. The third-order valence-corrected chi connectivity index (χ3v) is 2.39. The van der Waals surface area contributed by atoms with Gasteiger partial charge in [-0.05, 0) is 12.3 Å². The summed E-state index contributed by atoms with van der Waals surface area (Å²) in [5, 5.41) is 0. The van der Waals surface area contributed by atoms with E-state index in [0.29, 0.717) is 19.1 Å². The molecular weight excluding hydrogens is 206 g/mol. The summed E-state index contributed by atoms with van der Waals surface area (Å²) in [5.74, 6) is 0.0636. The maximum atomic E-state index is 11.3. The molecule has 0 bridgehead atoms. The summed E-state index contributed by atoms with van der Waals surface area (Å²) in [4.78, 5) is 11.3. The van der Waals surface area contributed by atoms with Gasteiger partial charge in [-0.15, -0.1) is 0 Å². The minimum Gasteiger partial charge on any atom is -0.463 e. The molecule has 96 valence electrons. The summed E-state index contributed by atoms with van der Waals surface area (Å²) in [6, 6.07) is -0.117. The molecule has 0 radical (unpaired) electrons. The minimum atomic E-state index is -0.236. The Balaban J connectivity index is 3.37. The standard InChI is InChI=1S/C12H25NO3/c1-4-5-6-15-7-8-16-12(14)9-11(13)10(2)3/h10-11H,4-9,13H2,1-3H3. The molecule has 0 spiro atoms. The Kier molecular flexibility index (Phi) is 9.24. The Morgan fingerprint density at radius 1 is 1.25 bits per heavy atom. The summed E-state index contributed by atoms with van der Waals surface area (Å²) < 4.78 is 10.3. The van der Waals surface area contributed by atoms with E-state index in [1.165, 1.54) is 0 Å². The average molecular weight is 231 g/mol. The molecule has 4 heteroatoms. The van der Waals surface area contributed by atoms with Gasteiger partial charge in [0, 0.05) is 12.6 Å². The predicted molar refractivity (Wildman–Crippen MR) is 64.1 cm³/mol. The highest BCUT2D eigenvalue weighted by Gasteiger charge is 2.13. The van der Waals surface area contributed by atoms with Crippen molar-refractivity contribution in [1.82, 2.24) is 0 Å². The fourth-order valence-electron chi connectivity index (χ4n) is 1.05. The Morgan fingerprint density at radius 3 is 2.50 bits per heavy atom. The quantitative estimate of drug-likeness (QED) is 0.485. The van der Waals surface area contributed by atoms with Crippen LogP contribution in [-0.2, 0) is 14.3 Å². The summed E-state index contributed by atoms with van der Waals surface area (Å²) in [6.45, 7) is 7.63. The van der Waals surface area contributed by atoms with Gasteiger partial charge in [0.25, 0.3) is 0 Å². The fourth-order valence-corrected chi connectivity index (χ4v) is 1.05.